The van der Waals surface area contributed by atoms with E-state index in [1.54, 1.807) is 12.5 Å². The van der Waals surface area contributed by atoms with Crippen molar-refractivity contribution in [2.24, 2.45) is 11.8 Å². The van der Waals surface area contributed by atoms with E-state index in [-0.39, 0.29) is 36.6 Å². The molecule has 1 fully saturated rings. The molecule has 1 saturated carbocycles. The summed E-state index contributed by atoms with van der Waals surface area (Å²) in [5.41, 5.74) is 0.820. The number of amides is 2. The van der Waals surface area contributed by atoms with Crippen molar-refractivity contribution in [2.75, 3.05) is 18.9 Å². The number of nitrogens with zero attached hydrogens (tertiary/aromatic N) is 1. The normalized spacial score (nSPS) is 19.7. The Labute approximate surface area is 198 Å². The maximum atomic E-state index is 12.7. The number of aliphatic hydroxyl groups is 1. The molecule has 1 aromatic heterocycles. The summed E-state index contributed by atoms with van der Waals surface area (Å²) in [6, 6.07) is -0.772. The number of H-pyrrole nitrogens is 1. The third kappa shape index (κ3) is 9.38. The summed E-state index contributed by atoms with van der Waals surface area (Å²) in [5, 5.41) is 15.6. The van der Waals surface area contributed by atoms with E-state index in [1.807, 2.05) is 13.8 Å². The minimum absolute atomic E-state index is 0.132. The Bertz CT molecular complexity index is 770. The van der Waals surface area contributed by atoms with Crippen LogP contribution in [0.1, 0.15) is 51.6 Å². The molecule has 0 bridgehead atoms. The predicted octanol–water partition coefficient (Wildman–Crippen LogP) is 1.38. The standard InChI is InChI=1S/C21H36AsN4O5P/c1-14(2)19(26-20(28)18(22)8-16-9-23-13-25-16)21(29)24-10-17(27)12-32(30,31)11-15-6-4-3-5-7-15/h9,13-15,17-19,27H,3-8,10-12H2,1-2H3,(H,23,25)(H,24,29)(H,26,28)(H,30,31). The molecule has 2 amide bonds. The zero-order valence-corrected chi connectivity index (χ0v) is 21.6. The molecule has 1 heterocycles. The van der Waals surface area contributed by atoms with Crippen molar-refractivity contribution < 1.29 is 24.2 Å². The Kier molecular flexibility index (Phi) is 11.0. The monoisotopic (exact) mass is 530 g/mol. The summed E-state index contributed by atoms with van der Waals surface area (Å²) in [7, 11) is -3.46. The molecule has 11 heteroatoms. The average molecular weight is 530 g/mol. The van der Waals surface area contributed by atoms with E-state index in [1.165, 1.54) is 6.42 Å². The number of imidazole rings is 1. The van der Waals surface area contributed by atoms with Gasteiger partial charge in [0, 0.05) is 0 Å². The van der Waals surface area contributed by atoms with Crippen molar-refractivity contribution in [3.63, 3.8) is 0 Å². The molecule has 32 heavy (non-hydrogen) atoms. The van der Waals surface area contributed by atoms with Gasteiger partial charge in [-0.15, -0.1) is 0 Å². The topological polar surface area (TPSA) is 144 Å². The summed E-state index contributed by atoms with van der Waals surface area (Å²) >= 11 is 2.30. The third-order valence-corrected chi connectivity index (χ3v) is 8.75. The van der Waals surface area contributed by atoms with Gasteiger partial charge in [-0.1, -0.05) is 19.3 Å². The molecule has 1 aliphatic rings. The summed E-state index contributed by atoms with van der Waals surface area (Å²) < 4.78 is 12.1. The number of carbonyl (C=O) groups excluding carboxylic acids is 2. The van der Waals surface area contributed by atoms with Crippen molar-refractivity contribution in [3.8, 4) is 0 Å². The first kappa shape index (κ1) is 27.1. The van der Waals surface area contributed by atoms with Gasteiger partial charge in [0.25, 0.3) is 0 Å². The van der Waals surface area contributed by atoms with Crippen molar-refractivity contribution in [3.05, 3.63) is 18.2 Å². The van der Waals surface area contributed by atoms with Crippen molar-refractivity contribution >= 4 is 36.0 Å². The number of aromatic nitrogens is 2. The van der Waals surface area contributed by atoms with Crippen LogP contribution in [0.15, 0.2) is 12.5 Å². The molecule has 180 valence electrons. The SMILES string of the molecule is CC(C)C(NC(=O)C([As])Cc1cnc[nH]1)C(=O)NCC(O)CP(=O)(O)CC1CCCCC1. The summed E-state index contributed by atoms with van der Waals surface area (Å²) in [5.74, 6) is -0.628. The molecule has 0 aliphatic heterocycles. The fourth-order valence-corrected chi connectivity index (χ4v) is 6.73. The summed E-state index contributed by atoms with van der Waals surface area (Å²) in [6.45, 7) is 3.51. The number of nitrogens with one attached hydrogen (secondary N) is 3. The van der Waals surface area contributed by atoms with Crippen LogP contribution >= 0.6 is 7.37 Å². The van der Waals surface area contributed by atoms with E-state index in [4.69, 9.17) is 0 Å². The van der Waals surface area contributed by atoms with Gasteiger partial charge < -0.3 is 0 Å². The quantitative estimate of drug-likeness (QED) is 0.204. The Morgan fingerprint density at radius 3 is 2.56 bits per heavy atom. The van der Waals surface area contributed by atoms with Crippen LogP contribution in [0.3, 0.4) is 0 Å². The number of aliphatic hydroxyl groups excluding tert-OH is 1. The van der Waals surface area contributed by atoms with Gasteiger partial charge >= 0.3 is 167 Å². The molecule has 1 aromatic rings. The summed E-state index contributed by atoms with van der Waals surface area (Å²) in [4.78, 5) is 42.4. The van der Waals surface area contributed by atoms with E-state index < -0.39 is 30.1 Å². The fourth-order valence-electron chi connectivity index (χ4n) is 4.05. The molecule has 1 aliphatic carbocycles. The molecule has 9 nitrogen and oxygen atoms in total. The second-order valence-electron chi connectivity index (χ2n) is 9.14. The van der Waals surface area contributed by atoms with Gasteiger partial charge in [0.05, 0.1) is 0 Å². The number of hydrogen-bond acceptors (Lipinski definition) is 5. The molecule has 0 saturated heterocycles. The Balaban J connectivity index is 1.80. The van der Waals surface area contributed by atoms with Gasteiger partial charge in [-0.3, -0.25) is 0 Å². The third-order valence-electron chi connectivity index (χ3n) is 5.79. The number of hydrogen-bond donors (Lipinski definition) is 5. The molecule has 0 aromatic carbocycles. The minimum Gasteiger partial charge on any atom is -0.0533 e. The zero-order valence-electron chi connectivity index (χ0n) is 18.9. The van der Waals surface area contributed by atoms with Crippen LogP contribution in [0.2, 0.25) is 4.71 Å². The predicted molar refractivity (Wildman–Crippen MR) is 124 cm³/mol. The summed E-state index contributed by atoms with van der Waals surface area (Å²) in [6.07, 6.45) is 7.80. The molecule has 0 spiro atoms. The smallest absolute Gasteiger partial charge is 0.0533 e. The maximum absolute atomic E-state index is 12.7. The Hall–Kier alpha value is -1.14. The van der Waals surface area contributed by atoms with Gasteiger partial charge in [0.15, 0.2) is 0 Å². The Morgan fingerprint density at radius 1 is 1.28 bits per heavy atom. The van der Waals surface area contributed by atoms with Gasteiger partial charge in [-0.2, -0.15) is 0 Å². The van der Waals surface area contributed by atoms with E-state index in [9.17, 15) is 24.2 Å². The molecular formula is C21H36AsN4O5P. The van der Waals surface area contributed by atoms with E-state index in [0.29, 0.717) is 6.42 Å². The van der Waals surface area contributed by atoms with Crippen molar-refractivity contribution in [1.82, 2.24) is 20.6 Å². The van der Waals surface area contributed by atoms with E-state index in [2.05, 4.69) is 37.5 Å². The second kappa shape index (κ2) is 12.9. The second-order valence-corrected chi connectivity index (χ2v) is 12.9. The van der Waals surface area contributed by atoms with Crippen LogP contribution in [0.5, 0.6) is 0 Å². The van der Waals surface area contributed by atoms with Crippen LogP contribution in [0.25, 0.3) is 0 Å². The first-order chi connectivity index (χ1) is 15.1. The van der Waals surface area contributed by atoms with E-state index >= 15 is 0 Å². The van der Waals surface area contributed by atoms with Crippen molar-refractivity contribution in [1.29, 1.82) is 0 Å². The van der Waals surface area contributed by atoms with Crippen LogP contribution in [0, 0.1) is 11.8 Å². The van der Waals surface area contributed by atoms with Crippen LogP contribution in [0.4, 0.5) is 0 Å². The van der Waals surface area contributed by atoms with Gasteiger partial charge in [-0.05, 0) is 12.8 Å². The molecule has 5 N–H and O–H groups in total. The first-order valence-corrected chi connectivity index (χ1v) is 14.4. The fraction of sp³-hybridized carbons (Fsp3) is 0.762. The van der Waals surface area contributed by atoms with Gasteiger partial charge in [0.2, 0.25) is 0 Å². The Morgan fingerprint density at radius 2 is 1.97 bits per heavy atom. The first-order valence-electron chi connectivity index (χ1n) is 11.3. The molecule has 4 atom stereocenters. The molecule has 4 unspecified atom stereocenters. The van der Waals surface area contributed by atoms with Crippen molar-refractivity contribution in [2.45, 2.75) is 69.2 Å². The minimum atomic E-state index is -3.46. The van der Waals surface area contributed by atoms with E-state index in [0.717, 1.165) is 31.4 Å². The zero-order chi connectivity index (χ0) is 23.7. The number of carbonyl (C=O) groups is 2. The van der Waals surface area contributed by atoms with Crippen LogP contribution in [-0.4, -0.2) is 79.6 Å². The van der Waals surface area contributed by atoms with Gasteiger partial charge in [0.1, 0.15) is 0 Å². The average Bonchev–Trinajstić information content (AvgIpc) is 3.22. The van der Waals surface area contributed by atoms with Gasteiger partial charge in [-0.25, -0.2) is 0 Å². The molecule has 2 radical (unpaired) electrons. The molecule has 2 rings (SSSR count). The number of rotatable bonds is 12. The van der Waals surface area contributed by atoms with Crippen LogP contribution in [-0.2, 0) is 20.6 Å². The molecular weight excluding hydrogens is 494 g/mol. The number of aromatic amines is 1. The van der Waals surface area contributed by atoms with Crippen LogP contribution < -0.4 is 10.6 Å².